The standard InChI is InChI=1S/C15H12.Na.H/c1-2-6-12(7-3-1)15-11-10-13-8-4-5-9-14(13)15;;/h1-11,15H;;/q;+1;-1. The van der Waals surface area contributed by atoms with Crippen molar-refractivity contribution in [2.75, 3.05) is 0 Å². The molecule has 16 heavy (non-hydrogen) atoms. The zero-order valence-corrected chi connectivity index (χ0v) is 11.4. The maximum atomic E-state index is 2.28. The second-order valence-electron chi connectivity index (χ2n) is 3.88. The maximum absolute atomic E-state index is 2.28. The second-order valence-corrected chi connectivity index (χ2v) is 3.88. The molecule has 0 saturated carbocycles. The third-order valence-electron chi connectivity index (χ3n) is 2.96. The Kier molecular flexibility index (Phi) is 3.65. The van der Waals surface area contributed by atoms with E-state index in [-0.39, 0.29) is 31.0 Å². The first-order chi connectivity index (χ1) is 7.45. The molecule has 0 nitrogen and oxygen atoms in total. The van der Waals surface area contributed by atoms with Gasteiger partial charge in [0.15, 0.2) is 0 Å². The molecule has 0 fully saturated rings. The minimum absolute atomic E-state index is 0. The first-order valence-electron chi connectivity index (χ1n) is 5.27. The summed E-state index contributed by atoms with van der Waals surface area (Å²) in [4.78, 5) is 0. The fourth-order valence-corrected chi connectivity index (χ4v) is 2.20. The fraction of sp³-hybridized carbons (Fsp3) is 0.0667. The monoisotopic (exact) mass is 216 g/mol. The van der Waals surface area contributed by atoms with Gasteiger partial charge >= 0.3 is 29.6 Å². The molecule has 0 N–H and O–H groups in total. The zero-order chi connectivity index (χ0) is 10.1. The summed E-state index contributed by atoms with van der Waals surface area (Å²) >= 11 is 0. The van der Waals surface area contributed by atoms with Gasteiger partial charge in [0, 0.05) is 5.92 Å². The molecule has 1 heteroatoms. The quantitative estimate of drug-likeness (QED) is 0.623. The summed E-state index contributed by atoms with van der Waals surface area (Å²) in [7, 11) is 0. The predicted molar refractivity (Wildman–Crippen MR) is 64.9 cm³/mol. The van der Waals surface area contributed by atoms with E-state index in [4.69, 9.17) is 0 Å². The van der Waals surface area contributed by atoms with Gasteiger partial charge in [0.2, 0.25) is 0 Å². The van der Waals surface area contributed by atoms with E-state index in [9.17, 15) is 0 Å². The van der Waals surface area contributed by atoms with E-state index in [0.29, 0.717) is 5.92 Å². The van der Waals surface area contributed by atoms with Gasteiger partial charge in [-0.05, 0) is 16.7 Å². The summed E-state index contributed by atoms with van der Waals surface area (Å²) < 4.78 is 0. The third-order valence-corrected chi connectivity index (χ3v) is 2.96. The zero-order valence-electron chi connectivity index (χ0n) is 10.4. The van der Waals surface area contributed by atoms with E-state index in [1.54, 1.807) is 0 Å². The van der Waals surface area contributed by atoms with Crippen molar-refractivity contribution in [3.63, 3.8) is 0 Å². The Labute approximate surface area is 120 Å². The Morgan fingerprint density at radius 2 is 1.50 bits per heavy atom. The van der Waals surface area contributed by atoms with E-state index < -0.39 is 0 Å². The molecule has 74 valence electrons. The largest absolute Gasteiger partial charge is 1.00 e. The molecule has 0 radical (unpaired) electrons. The van der Waals surface area contributed by atoms with Crippen molar-refractivity contribution in [3.8, 4) is 0 Å². The van der Waals surface area contributed by atoms with Gasteiger partial charge in [-0.3, -0.25) is 0 Å². The van der Waals surface area contributed by atoms with Crippen molar-refractivity contribution >= 4 is 6.08 Å². The topological polar surface area (TPSA) is 0 Å². The van der Waals surface area contributed by atoms with Gasteiger partial charge in [-0.15, -0.1) is 0 Å². The molecule has 0 aromatic heterocycles. The normalized spacial score (nSPS) is 16.6. The van der Waals surface area contributed by atoms with E-state index in [1.165, 1.54) is 16.7 Å². The van der Waals surface area contributed by atoms with E-state index >= 15 is 0 Å². The Morgan fingerprint density at radius 3 is 2.31 bits per heavy atom. The molecule has 0 spiro atoms. The van der Waals surface area contributed by atoms with Crippen LogP contribution >= 0.6 is 0 Å². The number of benzene rings is 2. The van der Waals surface area contributed by atoms with Crippen LogP contribution in [0, 0.1) is 0 Å². The second kappa shape index (κ2) is 5.01. The van der Waals surface area contributed by atoms with E-state index in [2.05, 4.69) is 66.7 Å². The summed E-state index contributed by atoms with van der Waals surface area (Å²) in [6.07, 6.45) is 4.49. The molecule has 0 aliphatic heterocycles. The molecule has 0 amide bonds. The van der Waals surface area contributed by atoms with Crippen molar-refractivity contribution in [1.82, 2.24) is 0 Å². The van der Waals surface area contributed by atoms with E-state index in [1.807, 2.05) is 0 Å². The van der Waals surface area contributed by atoms with Crippen LogP contribution in [0.5, 0.6) is 0 Å². The molecule has 1 unspecified atom stereocenters. The minimum Gasteiger partial charge on any atom is -1.00 e. The summed E-state index contributed by atoms with van der Waals surface area (Å²) in [5.41, 5.74) is 4.15. The first kappa shape index (κ1) is 11.7. The van der Waals surface area contributed by atoms with Crippen molar-refractivity contribution in [2.45, 2.75) is 5.92 Å². The average molecular weight is 216 g/mol. The van der Waals surface area contributed by atoms with Crippen LogP contribution in [0.15, 0.2) is 60.7 Å². The number of hydrogen-bond donors (Lipinski definition) is 0. The minimum atomic E-state index is 0. The Hall–Kier alpha value is -0.820. The Balaban J connectivity index is 0.000000722. The van der Waals surface area contributed by atoms with Crippen LogP contribution in [0.4, 0.5) is 0 Å². The van der Waals surface area contributed by atoms with Gasteiger partial charge in [0.1, 0.15) is 0 Å². The Morgan fingerprint density at radius 1 is 0.812 bits per heavy atom. The molecule has 1 aliphatic carbocycles. The van der Waals surface area contributed by atoms with Gasteiger partial charge in [-0.1, -0.05) is 66.7 Å². The average Bonchev–Trinajstić information content (AvgIpc) is 2.74. The Bertz CT molecular complexity index is 505. The molecule has 0 bridgehead atoms. The smallest absolute Gasteiger partial charge is 1.00 e. The molecule has 0 saturated heterocycles. The van der Waals surface area contributed by atoms with Crippen LogP contribution in [-0.2, 0) is 0 Å². The van der Waals surface area contributed by atoms with Gasteiger partial charge < -0.3 is 1.43 Å². The summed E-state index contributed by atoms with van der Waals surface area (Å²) in [5.74, 6) is 0.447. The predicted octanol–water partition coefficient (Wildman–Crippen LogP) is 0.962. The van der Waals surface area contributed by atoms with Gasteiger partial charge in [0.25, 0.3) is 0 Å². The van der Waals surface area contributed by atoms with Crippen molar-refractivity contribution in [3.05, 3.63) is 77.4 Å². The fourth-order valence-electron chi connectivity index (χ4n) is 2.20. The molecular formula is C15H13Na. The number of allylic oxidation sites excluding steroid dienone is 1. The van der Waals surface area contributed by atoms with Crippen LogP contribution in [0.1, 0.15) is 24.0 Å². The van der Waals surface area contributed by atoms with Crippen LogP contribution in [0.3, 0.4) is 0 Å². The summed E-state index contributed by atoms with van der Waals surface area (Å²) in [6, 6.07) is 19.2. The molecule has 0 heterocycles. The third kappa shape index (κ3) is 2.01. The molecule has 1 atom stereocenters. The molecule has 3 rings (SSSR count). The molecular weight excluding hydrogens is 203 g/mol. The number of fused-ring (bicyclic) bond motifs is 1. The van der Waals surface area contributed by atoms with Gasteiger partial charge in [-0.2, -0.15) is 0 Å². The SMILES string of the molecule is C1=CC(c2ccccc2)c2ccccc21.[H-].[Na+]. The molecule has 2 aromatic rings. The summed E-state index contributed by atoms with van der Waals surface area (Å²) in [5, 5.41) is 0. The maximum Gasteiger partial charge on any atom is 1.00 e. The van der Waals surface area contributed by atoms with Crippen LogP contribution < -0.4 is 29.6 Å². The van der Waals surface area contributed by atoms with Crippen molar-refractivity contribution < 1.29 is 31.0 Å². The van der Waals surface area contributed by atoms with Crippen molar-refractivity contribution in [1.29, 1.82) is 0 Å². The summed E-state index contributed by atoms with van der Waals surface area (Å²) in [6.45, 7) is 0. The van der Waals surface area contributed by atoms with Crippen molar-refractivity contribution in [2.24, 2.45) is 0 Å². The van der Waals surface area contributed by atoms with Gasteiger partial charge in [-0.25, -0.2) is 0 Å². The van der Waals surface area contributed by atoms with Crippen LogP contribution in [-0.4, -0.2) is 0 Å². The molecule has 1 aliphatic rings. The number of hydrogen-bond acceptors (Lipinski definition) is 0. The first-order valence-corrected chi connectivity index (χ1v) is 5.27. The van der Waals surface area contributed by atoms with E-state index in [0.717, 1.165) is 0 Å². The molecule has 2 aromatic carbocycles. The van der Waals surface area contributed by atoms with Crippen LogP contribution in [0.25, 0.3) is 6.08 Å². The van der Waals surface area contributed by atoms with Gasteiger partial charge in [0.05, 0.1) is 0 Å². The number of rotatable bonds is 1. The van der Waals surface area contributed by atoms with Crippen LogP contribution in [0.2, 0.25) is 0 Å².